The normalized spacial score (nSPS) is 40.6. The predicted octanol–water partition coefficient (Wildman–Crippen LogP) is 2.46. The Morgan fingerprint density at radius 2 is 1.72 bits per heavy atom. The fourth-order valence-corrected chi connectivity index (χ4v) is 4.00. The molecule has 2 unspecified atom stereocenters. The molecule has 1 aliphatic heterocycles. The van der Waals surface area contributed by atoms with E-state index in [1.54, 1.807) is 6.92 Å². The molecule has 1 saturated heterocycles. The van der Waals surface area contributed by atoms with Gasteiger partial charge >= 0.3 is 0 Å². The molecule has 5 nitrogen and oxygen atoms in total. The van der Waals surface area contributed by atoms with Crippen molar-refractivity contribution in [2.45, 2.75) is 32.8 Å². The fourth-order valence-electron chi connectivity index (χ4n) is 3.66. The van der Waals surface area contributed by atoms with Crippen molar-refractivity contribution in [3.63, 3.8) is 0 Å². The average Bonchev–Trinajstić information content (AvgIpc) is 2.62. The van der Waals surface area contributed by atoms with Gasteiger partial charge in [-0.2, -0.15) is 19.8 Å². The lowest BCUT2D eigenvalue weighted by molar-refractivity contribution is 0.0391. The van der Waals surface area contributed by atoms with Crippen LogP contribution >= 0.6 is 16.1 Å². The largest absolute Gasteiger partial charge is 0.470 e. The zero-order valence-electron chi connectivity index (χ0n) is 10.3. The van der Waals surface area contributed by atoms with Crippen LogP contribution in [0.15, 0.2) is 4.02 Å². The van der Waals surface area contributed by atoms with E-state index in [-0.39, 0.29) is 5.90 Å². The van der Waals surface area contributed by atoms with Crippen LogP contribution in [0.3, 0.4) is 0 Å². The molecule has 1 heterocycles. The van der Waals surface area contributed by atoms with Gasteiger partial charge in [-0.15, -0.1) is 0 Å². The summed E-state index contributed by atoms with van der Waals surface area (Å²) >= 11 is 2.93. The monoisotopic (exact) mass is 306 g/mol. The molecule has 0 aromatic heterocycles. The smallest absolute Gasteiger partial charge is 0.220 e. The number of hydrogen-bond donors (Lipinski definition) is 0. The van der Waals surface area contributed by atoms with E-state index >= 15 is 0 Å². The van der Waals surface area contributed by atoms with Gasteiger partial charge in [-0.25, -0.2) is 0 Å². The highest BCUT2D eigenvalue weighted by Crippen LogP contribution is 2.72. The van der Waals surface area contributed by atoms with Crippen molar-refractivity contribution < 1.29 is 4.74 Å². The lowest BCUT2D eigenvalue weighted by Crippen LogP contribution is -2.47. The molecule has 0 N–H and O–H groups in total. The van der Waals surface area contributed by atoms with Crippen LogP contribution in [0, 0.1) is 50.2 Å². The lowest BCUT2D eigenvalue weighted by Gasteiger charge is -2.37. The number of halogens is 1. The first-order valence-corrected chi connectivity index (χ1v) is 6.14. The predicted molar refractivity (Wildman–Crippen MR) is 66.0 cm³/mol. The maximum absolute atomic E-state index is 9.66. The summed E-state index contributed by atoms with van der Waals surface area (Å²) in [5.41, 5.74) is -4.46. The highest BCUT2D eigenvalue weighted by molar-refractivity contribution is 9.08. The van der Waals surface area contributed by atoms with Gasteiger partial charge in [0.15, 0.2) is 5.41 Å². The van der Waals surface area contributed by atoms with Crippen molar-refractivity contribution in [2.75, 3.05) is 0 Å². The lowest BCUT2D eigenvalue weighted by atomic mass is 9.58. The number of hydrogen-bond acceptors (Lipinski definition) is 5. The van der Waals surface area contributed by atoms with Gasteiger partial charge in [0.05, 0.1) is 34.4 Å². The number of fused-ring (bicyclic) bond motifs is 2. The third kappa shape index (κ3) is 0.910. The third-order valence-corrected chi connectivity index (χ3v) is 4.69. The van der Waals surface area contributed by atoms with E-state index in [1.165, 1.54) is 0 Å². The molecule has 6 heteroatoms. The molecular formula is C12H11BrN4O. The van der Waals surface area contributed by atoms with Gasteiger partial charge in [0.1, 0.15) is 5.60 Å². The van der Waals surface area contributed by atoms with Gasteiger partial charge in [0.25, 0.3) is 0 Å². The Morgan fingerprint density at radius 1 is 1.17 bits per heavy atom. The van der Waals surface area contributed by atoms with E-state index in [4.69, 9.17) is 4.74 Å². The van der Waals surface area contributed by atoms with Crippen LogP contribution in [0.2, 0.25) is 0 Å². The first kappa shape index (κ1) is 12.9. The fraction of sp³-hybridized carbons (Fsp3) is 0.667. The zero-order valence-corrected chi connectivity index (χ0v) is 11.9. The van der Waals surface area contributed by atoms with E-state index in [2.05, 4.69) is 26.2 Å². The van der Waals surface area contributed by atoms with Crippen molar-refractivity contribution >= 4 is 22.0 Å². The molecule has 1 saturated carbocycles. The van der Waals surface area contributed by atoms with Crippen molar-refractivity contribution in [1.82, 2.24) is 0 Å². The highest BCUT2D eigenvalue weighted by Gasteiger charge is 2.85. The summed E-state index contributed by atoms with van der Waals surface area (Å²) in [4.78, 5) is 0. The summed E-state index contributed by atoms with van der Waals surface area (Å²) in [6, 6.07) is 6.21. The number of rotatable bonds is 0. The molecule has 2 fully saturated rings. The Bertz CT molecular complexity index is 562. The van der Waals surface area contributed by atoms with E-state index in [9.17, 15) is 15.8 Å². The standard InChI is InChI=1S/C12H11BrN4O/c1-9(2)4-10(3)11(5-14,6-15)12(9,7-16)8(17-13)18-10/h4H2,1-3H3/b17-8-. The van der Waals surface area contributed by atoms with Gasteiger partial charge < -0.3 is 4.74 Å². The second-order valence-electron chi connectivity index (χ2n) is 5.62. The third-order valence-electron chi connectivity index (χ3n) is 4.37. The Labute approximate surface area is 114 Å². The van der Waals surface area contributed by atoms with Crippen LogP contribution in [-0.4, -0.2) is 11.5 Å². The molecule has 92 valence electrons. The first-order valence-electron chi connectivity index (χ1n) is 5.43. The summed E-state index contributed by atoms with van der Waals surface area (Å²) in [6.07, 6.45) is 0.459. The van der Waals surface area contributed by atoms with Crippen LogP contribution in [-0.2, 0) is 4.74 Å². The minimum Gasteiger partial charge on any atom is -0.470 e. The highest BCUT2D eigenvalue weighted by atomic mass is 79.9. The van der Waals surface area contributed by atoms with Crippen LogP contribution in [0.5, 0.6) is 0 Å². The molecule has 2 aliphatic rings. The molecule has 2 rings (SSSR count). The van der Waals surface area contributed by atoms with Gasteiger partial charge in [-0.1, -0.05) is 13.8 Å². The summed E-state index contributed by atoms with van der Waals surface area (Å²) < 4.78 is 9.49. The van der Waals surface area contributed by atoms with Crippen molar-refractivity contribution in [1.29, 1.82) is 15.8 Å². The Balaban J connectivity index is 2.93. The molecule has 2 atom stereocenters. The summed E-state index contributed by atoms with van der Waals surface area (Å²) in [7, 11) is 0. The molecule has 0 radical (unpaired) electrons. The SMILES string of the molecule is CC1(C)CC2(C)O/C(=N\Br)C1(C#N)C2(C#N)C#N. The maximum atomic E-state index is 9.66. The Hall–Kier alpha value is -1.58. The molecule has 0 spiro atoms. The van der Waals surface area contributed by atoms with E-state index in [1.807, 2.05) is 26.0 Å². The number of ether oxygens (including phenoxy) is 1. The number of nitrogens with zero attached hydrogens (tertiary/aromatic N) is 4. The van der Waals surface area contributed by atoms with E-state index in [0.717, 1.165) is 0 Å². The van der Waals surface area contributed by atoms with Crippen LogP contribution in [0.4, 0.5) is 0 Å². The molecule has 1 aliphatic carbocycles. The van der Waals surface area contributed by atoms with Crippen LogP contribution in [0.25, 0.3) is 0 Å². The minimum atomic E-state index is -1.54. The molecule has 2 bridgehead atoms. The van der Waals surface area contributed by atoms with Crippen molar-refractivity contribution in [3.8, 4) is 18.2 Å². The van der Waals surface area contributed by atoms with Crippen LogP contribution < -0.4 is 0 Å². The molecule has 0 amide bonds. The number of nitriles is 3. The van der Waals surface area contributed by atoms with Crippen LogP contribution in [0.1, 0.15) is 27.2 Å². The summed E-state index contributed by atoms with van der Waals surface area (Å²) in [6.45, 7) is 5.43. The quantitative estimate of drug-likeness (QED) is 0.687. The molecule has 0 aromatic rings. The summed E-state index contributed by atoms with van der Waals surface area (Å²) in [5, 5.41) is 28.7. The van der Waals surface area contributed by atoms with E-state index in [0.29, 0.717) is 6.42 Å². The minimum absolute atomic E-state index is 0.131. The van der Waals surface area contributed by atoms with Crippen molar-refractivity contribution in [2.24, 2.45) is 20.3 Å². The first-order chi connectivity index (χ1) is 8.30. The van der Waals surface area contributed by atoms with Crippen molar-refractivity contribution in [3.05, 3.63) is 0 Å². The topological polar surface area (TPSA) is 93.0 Å². The second-order valence-corrected chi connectivity index (χ2v) is 5.97. The average molecular weight is 307 g/mol. The van der Waals surface area contributed by atoms with Gasteiger partial charge in [-0.3, -0.25) is 0 Å². The molecular weight excluding hydrogens is 296 g/mol. The van der Waals surface area contributed by atoms with Gasteiger partial charge in [0, 0.05) is 0 Å². The van der Waals surface area contributed by atoms with Gasteiger partial charge in [-0.05, 0) is 18.8 Å². The van der Waals surface area contributed by atoms with E-state index < -0.39 is 21.8 Å². The molecule has 18 heavy (non-hydrogen) atoms. The molecule has 0 aromatic carbocycles. The zero-order chi connectivity index (χ0) is 13.8. The Kier molecular flexibility index (Phi) is 2.32. The summed E-state index contributed by atoms with van der Waals surface area (Å²) in [5.74, 6) is 0.131. The van der Waals surface area contributed by atoms with Gasteiger partial charge in [0.2, 0.25) is 11.3 Å². The Morgan fingerprint density at radius 3 is 2.11 bits per heavy atom. The second kappa shape index (κ2) is 3.25. The maximum Gasteiger partial charge on any atom is 0.220 e.